The van der Waals surface area contributed by atoms with Gasteiger partial charge in [0.25, 0.3) is 0 Å². The molecule has 1 aliphatic rings. The smallest absolute Gasteiger partial charge is 0.0510 e. The van der Waals surface area contributed by atoms with Crippen molar-refractivity contribution in [3.63, 3.8) is 0 Å². The van der Waals surface area contributed by atoms with Crippen molar-refractivity contribution in [2.24, 2.45) is 17.6 Å². The topological polar surface area (TPSA) is 38.5 Å². The Labute approximate surface area is 100 Å². The van der Waals surface area contributed by atoms with Crippen LogP contribution in [0.25, 0.3) is 0 Å². The van der Waals surface area contributed by atoms with Crippen molar-refractivity contribution in [1.82, 2.24) is 4.90 Å². The number of ether oxygens (including phenoxy) is 1. The van der Waals surface area contributed by atoms with Crippen molar-refractivity contribution in [3.8, 4) is 0 Å². The molecule has 1 saturated heterocycles. The van der Waals surface area contributed by atoms with Gasteiger partial charge in [0.05, 0.1) is 6.61 Å². The fourth-order valence-electron chi connectivity index (χ4n) is 2.28. The molecular formula is C13H28N2O. The van der Waals surface area contributed by atoms with Gasteiger partial charge < -0.3 is 10.5 Å². The van der Waals surface area contributed by atoms with Gasteiger partial charge in [-0.2, -0.15) is 0 Å². The second kappa shape index (κ2) is 6.58. The number of hydrogen-bond donors (Lipinski definition) is 1. The first-order valence-electron chi connectivity index (χ1n) is 6.58. The van der Waals surface area contributed by atoms with Crippen molar-refractivity contribution in [2.75, 3.05) is 26.3 Å². The minimum atomic E-state index is 0.267. The van der Waals surface area contributed by atoms with Gasteiger partial charge in [-0.25, -0.2) is 0 Å². The van der Waals surface area contributed by atoms with Crippen molar-refractivity contribution in [1.29, 1.82) is 0 Å². The monoisotopic (exact) mass is 228 g/mol. The Kier molecular flexibility index (Phi) is 5.73. The number of nitrogens with two attached hydrogens (primary N) is 1. The average molecular weight is 228 g/mol. The maximum absolute atomic E-state index is 6.27. The molecule has 0 radical (unpaired) electrons. The quantitative estimate of drug-likeness (QED) is 0.752. The van der Waals surface area contributed by atoms with Crippen LogP contribution in [0.5, 0.6) is 0 Å². The van der Waals surface area contributed by atoms with Gasteiger partial charge in [-0.15, -0.1) is 0 Å². The SMILES string of the molecule is CC(C)CN(CC(N)C1CCOC1)C(C)C. The van der Waals surface area contributed by atoms with Gasteiger partial charge >= 0.3 is 0 Å². The summed E-state index contributed by atoms with van der Waals surface area (Å²) in [5.74, 6) is 1.27. The zero-order chi connectivity index (χ0) is 12.1. The molecule has 96 valence electrons. The maximum Gasteiger partial charge on any atom is 0.0510 e. The standard InChI is InChI=1S/C13H28N2O/c1-10(2)7-15(11(3)4)8-13(14)12-5-6-16-9-12/h10-13H,5-9,14H2,1-4H3. The fraction of sp³-hybridized carbons (Fsp3) is 1.00. The Hall–Kier alpha value is -0.120. The third-order valence-electron chi connectivity index (χ3n) is 3.35. The van der Waals surface area contributed by atoms with Crippen LogP contribution in [0.3, 0.4) is 0 Å². The molecule has 0 spiro atoms. The summed E-state index contributed by atoms with van der Waals surface area (Å²) < 4.78 is 5.40. The average Bonchev–Trinajstić information content (AvgIpc) is 2.68. The minimum Gasteiger partial charge on any atom is -0.381 e. The summed E-state index contributed by atoms with van der Waals surface area (Å²) in [7, 11) is 0. The molecule has 1 fully saturated rings. The van der Waals surface area contributed by atoms with E-state index in [4.69, 9.17) is 10.5 Å². The van der Waals surface area contributed by atoms with Gasteiger partial charge in [0, 0.05) is 37.7 Å². The highest BCUT2D eigenvalue weighted by Gasteiger charge is 2.25. The first kappa shape index (κ1) is 13.9. The van der Waals surface area contributed by atoms with E-state index in [2.05, 4.69) is 32.6 Å². The van der Waals surface area contributed by atoms with Gasteiger partial charge in [0.15, 0.2) is 0 Å². The van der Waals surface area contributed by atoms with E-state index in [0.29, 0.717) is 17.9 Å². The maximum atomic E-state index is 6.27. The van der Waals surface area contributed by atoms with E-state index >= 15 is 0 Å². The largest absolute Gasteiger partial charge is 0.381 e. The molecule has 0 saturated carbocycles. The number of hydrogen-bond acceptors (Lipinski definition) is 3. The van der Waals surface area contributed by atoms with Crippen molar-refractivity contribution in [3.05, 3.63) is 0 Å². The van der Waals surface area contributed by atoms with Crippen molar-refractivity contribution < 1.29 is 4.74 Å². The zero-order valence-corrected chi connectivity index (χ0v) is 11.3. The van der Waals surface area contributed by atoms with Crippen LogP contribution in [0.1, 0.15) is 34.1 Å². The third-order valence-corrected chi connectivity index (χ3v) is 3.35. The van der Waals surface area contributed by atoms with Crippen LogP contribution in [0.2, 0.25) is 0 Å². The summed E-state index contributed by atoms with van der Waals surface area (Å²) >= 11 is 0. The summed E-state index contributed by atoms with van der Waals surface area (Å²) in [5, 5.41) is 0. The Balaban J connectivity index is 2.40. The molecule has 0 bridgehead atoms. The molecule has 3 heteroatoms. The second-order valence-electron chi connectivity index (χ2n) is 5.73. The summed E-state index contributed by atoms with van der Waals surface area (Å²) in [6.07, 6.45) is 1.13. The zero-order valence-electron chi connectivity index (χ0n) is 11.3. The molecule has 1 heterocycles. The molecule has 0 aromatic rings. The third kappa shape index (κ3) is 4.40. The first-order chi connectivity index (χ1) is 7.50. The van der Waals surface area contributed by atoms with Gasteiger partial charge in [0.1, 0.15) is 0 Å². The van der Waals surface area contributed by atoms with Gasteiger partial charge in [0.2, 0.25) is 0 Å². The molecule has 0 amide bonds. The van der Waals surface area contributed by atoms with Gasteiger partial charge in [-0.1, -0.05) is 13.8 Å². The molecular weight excluding hydrogens is 200 g/mol. The van der Waals surface area contributed by atoms with E-state index in [9.17, 15) is 0 Å². The van der Waals surface area contributed by atoms with E-state index in [0.717, 1.165) is 32.7 Å². The summed E-state index contributed by atoms with van der Waals surface area (Å²) in [6.45, 7) is 12.9. The molecule has 0 aliphatic carbocycles. The lowest BCUT2D eigenvalue weighted by Crippen LogP contribution is -2.46. The van der Waals surface area contributed by atoms with Crippen LogP contribution in [0.15, 0.2) is 0 Å². The number of nitrogens with zero attached hydrogens (tertiary/aromatic N) is 1. The molecule has 1 aliphatic heterocycles. The number of rotatable bonds is 6. The van der Waals surface area contributed by atoms with Crippen molar-refractivity contribution >= 4 is 0 Å². The predicted octanol–water partition coefficient (Wildman–Crippen LogP) is 1.72. The second-order valence-corrected chi connectivity index (χ2v) is 5.73. The predicted molar refractivity (Wildman–Crippen MR) is 68.4 cm³/mol. The molecule has 3 nitrogen and oxygen atoms in total. The highest BCUT2D eigenvalue weighted by molar-refractivity contribution is 4.80. The van der Waals surface area contributed by atoms with Crippen LogP contribution >= 0.6 is 0 Å². The van der Waals surface area contributed by atoms with Crippen molar-refractivity contribution in [2.45, 2.75) is 46.2 Å². The molecule has 16 heavy (non-hydrogen) atoms. The molecule has 0 aromatic carbocycles. The lowest BCUT2D eigenvalue weighted by atomic mass is 9.98. The Morgan fingerprint density at radius 1 is 1.25 bits per heavy atom. The lowest BCUT2D eigenvalue weighted by molar-refractivity contribution is 0.151. The summed E-state index contributed by atoms with van der Waals surface area (Å²) in [4.78, 5) is 2.49. The van der Waals surface area contributed by atoms with E-state index < -0.39 is 0 Å². The van der Waals surface area contributed by atoms with Crippen LogP contribution < -0.4 is 5.73 Å². The van der Waals surface area contributed by atoms with E-state index in [1.165, 1.54) is 0 Å². The minimum absolute atomic E-state index is 0.267. The van der Waals surface area contributed by atoms with E-state index in [1.807, 2.05) is 0 Å². The summed E-state index contributed by atoms with van der Waals surface area (Å²) in [5.41, 5.74) is 6.27. The normalized spacial score (nSPS) is 23.6. The highest BCUT2D eigenvalue weighted by Crippen LogP contribution is 2.17. The molecule has 2 unspecified atom stereocenters. The molecule has 2 N–H and O–H groups in total. The molecule has 0 aromatic heterocycles. The van der Waals surface area contributed by atoms with Crippen LogP contribution in [-0.2, 0) is 4.74 Å². The Morgan fingerprint density at radius 3 is 2.38 bits per heavy atom. The van der Waals surface area contributed by atoms with Crippen LogP contribution in [0, 0.1) is 11.8 Å². The van der Waals surface area contributed by atoms with Crippen LogP contribution in [0.4, 0.5) is 0 Å². The van der Waals surface area contributed by atoms with E-state index in [-0.39, 0.29) is 6.04 Å². The fourth-order valence-corrected chi connectivity index (χ4v) is 2.28. The highest BCUT2D eigenvalue weighted by atomic mass is 16.5. The summed E-state index contributed by atoms with van der Waals surface area (Å²) in [6, 6.07) is 0.847. The Bertz CT molecular complexity index is 188. The first-order valence-corrected chi connectivity index (χ1v) is 6.58. The Morgan fingerprint density at radius 2 is 1.94 bits per heavy atom. The van der Waals surface area contributed by atoms with E-state index in [1.54, 1.807) is 0 Å². The van der Waals surface area contributed by atoms with Gasteiger partial charge in [-0.05, 0) is 26.2 Å². The molecule has 2 atom stereocenters. The van der Waals surface area contributed by atoms with Crippen LogP contribution in [-0.4, -0.2) is 43.3 Å². The molecule has 1 rings (SSSR count). The van der Waals surface area contributed by atoms with Gasteiger partial charge in [-0.3, -0.25) is 4.90 Å². The lowest BCUT2D eigenvalue weighted by Gasteiger charge is -2.32.